The van der Waals surface area contributed by atoms with Crippen LogP contribution in [0.5, 0.6) is 0 Å². The minimum absolute atomic E-state index is 0.380. The van der Waals surface area contributed by atoms with Crippen LogP contribution in [-0.4, -0.2) is 29.8 Å². The Labute approximate surface area is 112 Å². The number of alkyl carbamates (subject to hydrolysis) is 1. The number of rotatable bonds is 5. The molecular weight excluding hydrogens is 250 g/mol. The fraction of sp³-hybridized carbons (Fsp3) is 0.667. The Balaban J connectivity index is 2.07. The summed E-state index contributed by atoms with van der Waals surface area (Å²) in [6.45, 7) is 9.47. The van der Waals surface area contributed by atoms with Crippen LogP contribution in [0.4, 0.5) is 4.79 Å². The van der Waals surface area contributed by atoms with Crippen molar-refractivity contribution < 1.29 is 9.53 Å². The Bertz CT molecular complexity index is 385. The quantitative estimate of drug-likeness (QED) is 0.805. The van der Waals surface area contributed by atoms with Gasteiger partial charge in [-0.25, -0.2) is 9.78 Å². The molecule has 0 aliphatic heterocycles. The first-order valence-corrected chi connectivity index (χ1v) is 6.83. The third-order valence-electron chi connectivity index (χ3n) is 1.91. The van der Waals surface area contributed by atoms with Crippen LogP contribution >= 0.6 is 11.3 Å². The number of amides is 1. The minimum atomic E-state index is -0.448. The summed E-state index contributed by atoms with van der Waals surface area (Å²) in [5.74, 6) is 0. The second-order valence-corrected chi connectivity index (χ2v) is 5.93. The molecule has 0 atom stereocenters. The summed E-state index contributed by atoms with van der Waals surface area (Å²) in [5.41, 5.74) is 0.597. The maximum Gasteiger partial charge on any atom is 0.407 e. The summed E-state index contributed by atoms with van der Waals surface area (Å²) in [5, 5.41) is 8.98. The van der Waals surface area contributed by atoms with E-state index in [1.165, 1.54) is 0 Å². The molecule has 0 aliphatic carbocycles. The molecule has 0 aliphatic rings. The van der Waals surface area contributed by atoms with E-state index in [1.807, 2.05) is 33.1 Å². The van der Waals surface area contributed by atoms with Crippen LogP contribution in [0.3, 0.4) is 0 Å². The fourth-order valence-electron chi connectivity index (χ4n) is 1.25. The van der Waals surface area contributed by atoms with Crippen molar-refractivity contribution in [3.05, 3.63) is 16.1 Å². The van der Waals surface area contributed by atoms with E-state index in [1.54, 1.807) is 11.3 Å². The highest BCUT2D eigenvalue weighted by Gasteiger charge is 2.15. The SMILES string of the molecule is Cc1csc(CNCCNC(=O)OC(C)(C)C)n1. The molecule has 2 N–H and O–H groups in total. The molecule has 102 valence electrons. The summed E-state index contributed by atoms with van der Waals surface area (Å²) < 4.78 is 5.12. The summed E-state index contributed by atoms with van der Waals surface area (Å²) in [4.78, 5) is 15.7. The number of thiazole rings is 1. The van der Waals surface area contributed by atoms with Gasteiger partial charge in [0.05, 0.1) is 0 Å². The van der Waals surface area contributed by atoms with Crippen LogP contribution < -0.4 is 10.6 Å². The molecule has 0 radical (unpaired) electrons. The monoisotopic (exact) mass is 271 g/mol. The van der Waals surface area contributed by atoms with Gasteiger partial charge in [0.15, 0.2) is 0 Å². The normalized spacial score (nSPS) is 11.3. The summed E-state index contributed by atoms with van der Waals surface area (Å²) in [7, 11) is 0. The standard InChI is InChI=1S/C12H21N3O2S/c1-9-8-18-10(15-9)7-13-5-6-14-11(16)17-12(2,3)4/h8,13H,5-7H2,1-4H3,(H,14,16). The predicted octanol–water partition coefficient (Wildman–Crippen LogP) is 2.07. The zero-order valence-electron chi connectivity index (χ0n) is 11.4. The van der Waals surface area contributed by atoms with Crippen molar-refractivity contribution in [1.82, 2.24) is 15.6 Å². The lowest BCUT2D eigenvalue weighted by Gasteiger charge is -2.19. The number of carbonyl (C=O) groups is 1. The molecule has 0 spiro atoms. The Morgan fingerprint density at radius 1 is 1.44 bits per heavy atom. The van der Waals surface area contributed by atoms with Crippen molar-refractivity contribution in [2.24, 2.45) is 0 Å². The highest BCUT2D eigenvalue weighted by molar-refractivity contribution is 7.09. The van der Waals surface area contributed by atoms with E-state index in [0.717, 1.165) is 17.2 Å². The summed E-state index contributed by atoms with van der Waals surface area (Å²) >= 11 is 1.64. The Kier molecular flexibility index (Phi) is 5.55. The van der Waals surface area contributed by atoms with Crippen molar-refractivity contribution in [3.8, 4) is 0 Å². The highest BCUT2D eigenvalue weighted by Crippen LogP contribution is 2.07. The number of aromatic nitrogens is 1. The first kappa shape index (κ1) is 14.9. The highest BCUT2D eigenvalue weighted by atomic mass is 32.1. The van der Waals surface area contributed by atoms with Crippen molar-refractivity contribution >= 4 is 17.4 Å². The molecule has 1 aromatic rings. The van der Waals surface area contributed by atoms with Gasteiger partial charge in [-0.2, -0.15) is 0 Å². The van der Waals surface area contributed by atoms with Crippen molar-refractivity contribution in [1.29, 1.82) is 0 Å². The number of carbonyl (C=O) groups excluding carboxylic acids is 1. The van der Waals surface area contributed by atoms with Crippen LogP contribution in [0.2, 0.25) is 0 Å². The lowest BCUT2D eigenvalue weighted by molar-refractivity contribution is 0.0528. The van der Waals surface area contributed by atoms with Gasteiger partial charge in [0.1, 0.15) is 10.6 Å². The van der Waals surface area contributed by atoms with Gasteiger partial charge in [0.2, 0.25) is 0 Å². The maximum atomic E-state index is 11.3. The van der Waals surface area contributed by atoms with Gasteiger partial charge < -0.3 is 15.4 Å². The van der Waals surface area contributed by atoms with Crippen molar-refractivity contribution in [2.45, 2.75) is 39.8 Å². The van der Waals surface area contributed by atoms with Crippen LogP contribution in [-0.2, 0) is 11.3 Å². The van der Waals surface area contributed by atoms with Gasteiger partial charge in [-0.3, -0.25) is 0 Å². The average molecular weight is 271 g/mol. The molecule has 1 rings (SSSR count). The fourth-order valence-corrected chi connectivity index (χ4v) is 1.99. The Morgan fingerprint density at radius 3 is 2.72 bits per heavy atom. The second kappa shape index (κ2) is 6.70. The van der Waals surface area contributed by atoms with Gasteiger partial charge in [0.25, 0.3) is 0 Å². The molecule has 18 heavy (non-hydrogen) atoms. The van der Waals surface area contributed by atoms with Crippen LogP contribution in [0, 0.1) is 6.92 Å². The van der Waals surface area contributed by atoms with Gasteiger partial charge in [-0.15, -0.1) is 11.3 Å². The molecule has 0 aromatic carbocycles. The topological polar surface area (TPSA) is 63.2 Å². The zero-order chi connectivity index (χ0) is 13.6. The van der Waals surface area contributed by atoms with Crippen LogP contribution in [0.25, 0.3) is 0 Å². The average Bonchev–Trinajstić information content (AvgIpc) is 2.61. The van der Waals surface area contributed by atoms with Gasteiger partial charge in [-0.05, 0) is 27.7 Å². The molecule has 5 nitrogen and oxygen atoms in total. The summed E-state index contributed by atoms with van der Waals surface area (Å²) in [6.07, 6.45) is -0.380. The molecule has 0 saturated carbocycles. The van der Waals surface area contributed by atoms with E-state index >= 15 is 0 Å². The molecular formula is C12H21N3O2S. The first-order chi connectivity index (χ1) is 8.37. The smallest absolute Gasteiger partial charge is 0.407 e. The molecule has 0 bridgehead atoms. The zero-order valence-corrected chi connectivity index (χ0v) is 12.2. The number of hydrogen-bond donors (Lipinski definition) is 2. The summed E-state index contributed by atoms with van der Waals surface area (Å²) in [6, 6.07) is 0. The molecule has 1 aromatic heterocycles. The van der Waals surface area contributed by atoms with Gasteiger partial charge in [0, 0.05) is 30.7 Å². The maximum absolute atomic E-state index is 11.3. The van der Waals surface area contributed by atoms with E-state index in [9.17, 15) is 4.79 Å². The number of nitrogens with zero attached hydrogens (tertiary/aromatic N) is 1. The molecule has 1 amide bonds. The molecule has 0 unspecified atom stereocenters. The van der Waals surface area contributed by atoms with Crippen molar-refractivity contribution in [2.75, 3.05) is 13.1 Å². The second-order valence-electron chi connectivity index (χ2n) is 4.99. The van der Waals surface area contributed by atoms with E-state index in [-0.39, 0.29) is 6.09 Å². The number of hydrogen-bond acceptors (Lipinski definition) is 5. The van der Waals surface area contributed by atoms with E-state index in [4.69, 9.17) is 4.74 Å². The Morgan fingerprint density at radius 2 is 2.17 bits per heavy atom. The third-order valence-corrected chi connectivity index (χ3v) is 2.88. The van der Waals surface area contributed by atoms with Crippen LogP contribution in [0.1, 0.15) is 31.5 Å². The van der Waals surface area contributed by atoms with Gasteiger partial charge >= 0.3 is 6.09 Å². The van der Waals surface area contributed by atoms with Crippen LogP contribution in [0.15, 0.2) is 5.38 Å². The van der Waals surface area contributed by atoms with E-state index < -0.39 is 5.60 Å². The number of nitrogens with one attached hydrogen (secondary N) is 2. The third kappa shape index (κ3) is 6.56. The largest absolute Gasteiger partial charge is 0.444 e. The number of ether oxygens (including phenoxy) is 1. The first-order valence-electron chi connectivity index (χ1n) is 5.95. The lowest BCUT2D eigenvalue weighted by Crippen LogP contribution is -2.36. The van der Waals surface area contributed by atoms with Crippen molar-refractivity contribution in [3.63, 3.8) is 0 Å². The molecule has 6 heteroatoms. The predicted molar refractivity (Wildman–Crippen MR) is 72.8 cm³/mol. The lowest BCUT2D eigenvalue weighted by atomic mass is 10.2. The van der Waals surface area contributed by atoms with E-state index in [2.05, 4.69) is 15.6 Å². The number of aryl methyl sites for hydroxylation is 1. The van der Waals surface area contributed by atoms with E-state index in [0.29, 0.717) is 13.1 Å². The molecule has 1 heterocycles. The minimum Gasteiger partial charge on any atom is -0.444 e. The Hall–Kier alpha value is -1.14. The van der Waals surface area contributed by atoms with Gasteiger partial charge in [-0.1, -0.05) is 0 Å². The molecule has 0 saturated heterocycles. The molecule has 0 fully saturated rings.